The quantitative estimate of drug-likeness (QED) is 0.513. The van der Waals surface area contributed by atoms with E-state index < -0.39 is 21.2 Å². The summed E-state index contributed by atoms with van der Waals surface area (Å²) in [7, 11) is -3.39. The van der Waals surface area contributed by atoms with Gasteiger partial charge in [0.15, 0.2) is 15.6 Å². The molecule has 0 fully saturated rings. The molecule has 7 nitrogen and oxygen atoms in total. The second kappa shape index (κ2) is 9.24. The lowest BCUT2D eigenvalue weighted by Gasteiger charge is -2.26. The number of rotatable bonds is 8. The van der Waals surface area contributed by atoms with Crippen LogP contribution in [0.5, 0.6) is 5.75 Å². The van der Waals surface area contributed by atoms with Crippen LogP contribution in [0.3, 0.4) is 0 Å². The van der Waals surface area contributed by atoms with Crippen LogP contribution >= 0.6 is 0 Å². The molecule has 3 aromatic rings. The van der Waals surface area contributed by atoms with Crippen molar-refractivity contribution in [2.45, 2.75) is 56.8 Å². The highest BCUT2D eigenvalue weighted by molar-refractivity contribution is 7.91. The minimum atomic E-state index is -3.39. The lowest BCUT2D eigenvalue weighted by atomic mass is 9.87. The number of fused-ring (bicyclic) bond motifs is 1. The van der Waals surface area contributed by atoms with Crippen molar-refractivity contribution < 1.29 is 17.9 Å². The van der Waals surface area contributed by atoms with Gasteiger partial charge in [-0.25, -0.2) is 13.4 Å². The predicted molar refractivity (Wildman–Crippen MR) is 121 cm³/mol. The zero-order chi connectivity index (χ0) is 22.7. The van der Waals surface area contributed by atoms with Crippen molar-refractivity contribution in [2.75, 3.05) is 0 Å². The van der Waals surface area contributed by atoms with E-state index in [0.717, 1.165) is 11.1 Å². The standard InChI is InChI=1S/C24H27N3O4S/c1-17(2)32(29,30)15-21-19-6-3-7-22(28)20(19)8-9-23(21)31-24(14-27-12-11-26-16-27)18-5-4-10-25-13-18/h4-5,8-13,16-17,24H,3,6-7,14-15H2,1-2H3. The molecule has 0 radical (unpaired) electrons. The number of hydrogen-bond acceptors (Lipinski definition) is 6. The molecule has 168 valence electrons. The first-order valence-electron chi connectivity index (χ1n) is 10.8. The van der Waals surface area contributed by atoms with Crippen LogP contribution in [0.2, 0.25) is 0 Å². The topological polar surface area (TPSA) is 91.2 Å². The fourth-order valence-corrected chi connectivity index (χ4v) is 4.98. The third kappa shape index (κ3) is 4.75. The molecule has 0 aliphatic heterocycles. The number of imidazole rings is 1. The van der Waals surface area contributed by atoms with Crippen LogP contribution in [0.4, 0.5) is 0 Å². The van der Waals surface area contributed by atoms with Gasteiger partial charge in [-0.3, -0.25) is 9.78 Å². The van der Waals surface area contributed by atoms with Crippen molar-refractivity contribution in [3.8, 4) is 5.75 Å². The van der Waals surface area contributed by atoms with Gasteiger partial charge in [-0.2, -0.15) is 0 Å². The summed E-state index contributed by atoms with van der Waals surface area (Å²) >= 11 is 0. The molecule has 0 spiro atoms. The van der Waals surface area contributed by atoms with Crippen LogP contribution in [-0.4, -0.2) is 34.0 Å². The third-order valence-electron chi connectivity index (χ3n) is 5.84. The lowest BCUT2D eigenvalue weighted by Crippen LogP contribution is -2.22. The maximum atomic E-state index is 12.9. The molecular weight excluding hydrogens is 426 g/mol. The summed E-state index contributed by atoms with van der Waals surface area (Å²) in [6.45, 7) is 3.83. The van der Waals surface area contributed by atoms with E-state index in [2.05, 4.69) is 9.97 Å². The summed E-state index contributed by atoms with van der Waals surface area (Å²) in [5, 5.41) is -0.523. The van der Waals surface area contributed by atoms with Crippen molar-refractivity contribution in [1.82, 2.24) is 14.5 Å². The minimum Gasteiger partial charge on any atom is -0.483 e. The van der Waals surface area contributed by atoms with Crippen molar-refractivity contribution in [2.24, 2.45) is 0 Å². The molecule has 0 saturated heterocycles. The largest absolute Gasteiger partial charge is 0.483 e. The van der Waals surface area contributed by atoms with Crippen LogP contribution in [0, 0.1) is 0 Å². The summed E-state index contributed by atoms with van der Waals surface area (Å²) in [6.07, 6.45) is 10.2. The first kappa shape index (κ1) is 22.2. The van der Waals surface area contributed by atoms with Crippen molar-refractivity contribution in [3.63, 3.8) is 0 Å². The number of benzene rings is 1. The monoisotopic (exact) mass is 453 g/mol. The Morgan fingerprint density at radius 3 is 2.66 bits per heavy atom. The van der Waals surface area contributed by atoms with Gasteiger partial charge in [0.2, 0.25) is 0 Å². The number of sulfone groups is 1. The highest BCUT2D eigenvalue weighted by atomic mass is 32.2. The fraction of sp³-hybridized carbons (Fsp3) is 0.375. The molecule has 0 amide bonds. The molecule has 2 heterocycles. The minimum absolute atomic E-state index is 0.0585. The van der Waals surface area contributed by atoms with E-state index in [9.17, 15) is 13.2 Å². The first-order chi connectivity index (χ1) is 15.3. The Morgan fingerprint density at radius 1 is 1.12 bits per heavy atom. The average molecular weight is 454 g/mol. The van der Waals surface area contributed by atoms with E-state index in [-0.39, 0.29) is 11.5 Å². The number of carbonyl (C=O) groups excluding carboxylic acids is 1. The number of aromatic nitrogens is 3. The second-order valence-electron chi connectivity index (χ2n) is 8.35. The van der Waals surface area contributed by atoms with E-state index in [4.69, 9.17) is 4.74 Å². The lowest BCUT2D eigenvalue weighted by molar-refractivity contribution is 0.0972. The zero-order valence-electron chi connectivity index (χ0n) is 18.3. The van der Waals surface area contributed by atoms with Gasteiger partial charge in [0.1, 0.15) is 11.9 Å². The van der Waals surface area contributed by atoms with Gasteiger partial charge in [0, 0.05) is 47.9 Å². The zero-order valence-corrected chi connectivity index (χ0v) is 19.1. The number of pyridine rings is 1. The Labute approximate surface area is 188 Å². The van der Waals surface area contributed by atoms with Gasteiger partial charge >= 0.3 is 0 Å². The number of hydrogen-bond donors (Lipinski definition) is 0. The van der Waals surface area contributed by atoms with Crippen LogP contribution in [-0.2, 0) is 28.6 Å². The summed E-state index contributed by atoms with van der Waals surface area (Å²) in [5.74, 6) is 0.404. The summed E-state index contributed by atoms with van der Waals surface area (Å²) in [4.78, 5) is 20.8. The molecule has 2 aromatic heterocycles. The molecule has 0 saturated carbocycles. The number of carbonyl (C=O) groups is 1. The molecule has 1 aliphatic rings. The SMILES string of the molecule is CC(C)S(=O)(=O)Cc1c(OC(Cn2ccnc2)c2cccnc2)ccc2c1CCCC2=O. The maximum absolute atomic E-state index is 12.9. The molecule has 0 N–H and O–H groups in total. The highest BCUT2D eigenvalue weighted by Crippen LogP contribution is 2.35. The van der Waals surface area contributed by atoms with E-state index in [1.807, 2.05) is 22.9 Å². The Hall–Kier alpha value is -3.00. The average Bonchev–Trinajstić information content (AvgIpc) is 3.28. The maximum Gasteiger partial charge on any atom is 0.163 e. The first-order valence-corrected chi connectivity index (χ1v) is 12.5. The normalized spacial score (nSPS) is 14.9. The number of ether oxygens (including phenoxy) is 1. The van der Waals surface area contributed by atoms with Gasteiger partial charge < -0.3 is 9.30 Å². The Kier molecular flexibility index (Phi) is 6.41. The molecule has 8 heteroatoms. The van der Waals surface area contributed by atoms with Crippen molar-refractivity contribution >= 4 is 15.6 Å². The summed E-state index contributed by atoms with van der Waals surface area (Å²) < 4.78 is 34.1. The molecule has 1 unspecified atom stereocenters. The Bertz CT molecular complexity index is 1190. The Morgan fingerprint density at radius 2 is 1.97 bits per heavy atom. The number of Topliss-reactive ketones (excluding diaryl/α,β-unsaturated/α-hetero) is 1. The number of nitrogens with zero attached hydrogens (tertiary/aromatic N) is 3. The van der Waals surface area contributed by atoms with Crippen molar-refractivity contribution in [3.05, 3.63) is 77.6 Å². The van der Waals surface area contributed by atoms with Crippen LogP contribution in [0.15, 0.2) is 55.4 Å². The molecular formula is C24H27N3O4S. The smallest absolute Gasteiger partial charge is 0.163 e. The van der Waals surface area contributed by atoms with E-state index >= 15 is 0 Å². The van der Waals surface area contributed by atoms with Crippen molar-refractivity contribution in [1.29, 1.82) is 0 Å². The Balaban J connectivity index is 1.77. The van der Waals surface area contributed by atoms with Gasteiger partial charge in [0.05, 0.1) is 23.9 Å². The fourth-order valence-electron chi connectivity index (χ4n) is 3.93. The highest BCUT2D eigenvalue weighted by Gasteiger charge is 2.28. The molecule has 1 aliphatic carbocycles. The van der Waals surface area contributed by atoms with E-state index in [1.54, 1.807) is 50.9 Å². The molecule has 1 atom stereocenters. The molecule has 32 heavy (non-hydrogen) atoms. The van der Waals surface area contributed by atoms with Gasteiger partial charge in [-0.15, -0.1) is 0 Å². The van der Waals surface area contributed by atoms with Gasteiger partial charge in [-0.1, -0.05) is 6.07 Å². The number of ketones is 1. The van der Waals surface area contributed by atoms with Crippen LogP contribution in [0.1, 0.15) is 59.8 Å². The van der Waals surface area contributed by atoms with E-state index in [0.29, 0.717) is 42.7 Å². The van der Waals surface area contributed by atoms with Crippen LogP contribution in [0.25, 0.3) is 0 Å². The van der Waals surface area contributed by atoms with Gasteiger partial charge in [-0.05, 0) is 50.5 Å². The summed E-state index contributed by atoms with van der Waals surface area (Å²) in [6, 6.07) is 7.29. The van der Waals surface area contributed by atoms with Crippen LogP contribution < -0.4 is 4.74 Å². The molecule has 1 aromatic carbocycles. The predicted octanol–water partition coefficient (Wildman–Crippen LogP) is 3.94. The van der Waals surface area contributed by atoms with Gasteiger partial charge in [0.25, 0.3) is 0 Å². The second-order valence-corrected chi connectivity index (χ2v) is 10.9. The third-order valence-corrected chi connectivity index (χ3v) is 7.97. The summed E-state index contributed by atoms with van der Waals surface area (Å²) in [5.41, 5.74) is 2.89. The van der Waals surface area contributed by atoms with E-state index in [1.165, 1.54) is 0 Å². The molecule has 4 rings (SSSR count). The molecule has 0 bridgehead atoms.